The van der Waals surface area contributed by atoms with Crippen molar-refractivity contribution >= 4 is 15.7 Å². The van der Waals surface area contributed by atoms with Gasteiger partial charge in [-0.05, 0) is 66.8 Å². The van der Waals surface area contributed by atoms with Crippen molar-refractivity contribution in [3.05, 3.63) is 95.8 Å². The number of aryl methyl sites for hydroxylation is 1. The number of benzene rings is 3. The summed E-state index contributed by atoms with van der Waals surface area (Å²) in [7, 11) is -3.53. The van der Waals surface area contributed by atoms with Crippen LogP contribution in [0.2, 0.25) is 0 Å². The Hall–Kier alpha value is -3.19. The molecule has 0 saturated carbocycles. The first-order valence-corrected chi connectivity index (χ1v) is 13.0. The molecule has 7 heteroatoms. The number of nitrogens with zero attached hydrogens (tertiary/aromatic N) is 1. The Kier molecular flexibility index (Phi) is 7.63. The molecule has 0 atom stereocenters. The van der Waals surface area contributed by atoms with Crippen LogP contribution in [-0.2, 0) is 27.7 Å². The number of amides is 1. The summed E-state index contributed by atoms with van der Waals surface area (Å²) in [4.78, 5) is 14.6. The molecule has 1 amide bonds. The minimum absolute atomic E-state index is 0.0215. The molecule has 1 heterocycles. The van der Waals surface area contributed by atoms with Crippen LogP contribution < -0.4 is 4.74 Å². The Morgan fingerprint density at radius 1 is 0.912 bits per heavy atom. The van der Waals surface area contributed by atoms with Crippen molar-refractivity contribution in [2.75, 3.05) is 13.1 Å². The van der Waals surface area contributed by atoms with E-state index in [1.807, 2.05) is 54.6 Å². The molecule has 0 aromatic heterocycles. The average Bonchev–Trinajstić information content (AvgIpc) is 2.87. The van der Waals surface area contributed by atoms with E-state index in [-0.39, 0.29) is 10.8 Å². The Morgan fingerprint density at radius 3 is 2.29 bits per heavy atom. The maximum atomic E-state index is 13.1. The molecule has 1 aliphatic heterocycles. The molecule has 1 aliphatic rings. The van der Waals surface area contributed by atoms with Gasteiger partial charge in [0.2, 0.25) is 5.91 Å². The summed E-state index contributed by atoms with van der Waals surface area (Å²) in [6.45, 7) is 1.30. The van der Waals surface area contributed by atoms with Gasteiger partial charge in [0, 0.05) is 19.5 Å². The molecule has 0 radical (unpaired) electrons. The summed E-state index contributed by atoms with van der Waals surface area (Å²) < 4.78 is 44.7. The zero-order chi connectivity index (χ0) is 24.0. The van der Waals surface area contributed by atoms with Gasteiger partial charge in [-0.1, -0.05) is 42.5 Å². The molecule has 0 unspecified atom stereocenters. The third kappa shape index (κ3) is 6.03. The second kappa shape index (κ2) is 10.8. The van der Waals surface area contributed by atoms with Gasteiger partial charge < -0.3 is 9.64 Å². The van der Waals surface area contributed by atoms with Gasteiger partial charge in [-0.2, -0.15) is 0 Å². The molecule has 0 aliphatic carbocycles. The topological polar surface area (TPSA) is 63.7 Å². The molecule has 0 bridgehead atoms. The third-order valence-electron chi connectivity index (χ3n) is 6.15. The van der Waals surface area contributed by atoms with Crippen molar-refractivity contribution in [1.82, 2.24) is 4.90 Å². The maximum absolute atomic E-state index is 13.1. The zero-order valence-corrected chi connectivity index (χ0v) is 19.7. The number of piperidine rings is 1. The fraction of sp³-hybridized carbons (Fsp3) is 0.296. The summed E-state index contributed by atoms with van der Waals surface area (Å²) in [5.74, 6) is 0.321. The highest BCUT2D eigenvalue weighted by molar-refractivity contribution is 7.92. The van der Waals surface area contributed by atoms with E-state index in [1.54, 1.807) is 4.90 Å². The first-order chi connectivity index (χ1) is 16.4. The van der Waals surface area contributed by atoms with Crippen LogP contribution in [0.25, 0.3) is 0 Å². The first-order valence-electron chi connectivity index (χ1n) is 11.4. The van der Waals surface area contributed by atoms with Crippen LogP contribution in [0.15, 0.2) is 83.8 Å². The summed E-state index contributed by atoms with van der Waals surface area (Å²) >= 11 is 0. The van der Waals surface area contributed by atoms with Gasteiger partial charge in [0.15, 0.2) is 9.84 Å². The molecule has 1 fully saturated rings. The number of rotatable bonds is 8. The molecule has 3 aromatic carbocycles. The minimum atomic E-state index is -3.53. The number of hydrogen-bond donors (Lipinski definition) is 0. The highest BCUT2D eigenvalue weighted by atomic mass is 32.2. The van der Waals surface area contributed by atoms with Gasteiger partial charge in [0.25, 0.3) is 0 Å². The van der Waals surface area contributed by atoms with Gasteiger partial charge in [-0.3, -0.25) is 4.79 Å². The SMILES string of the molecule is O=C(CCc1cccc(OCc2ccccc2)c1)N1CCC(S(=O)(=O)c2ccc(F)cc2)CC1. The summed E-state index contributed by atoms with van der Waals surface area (Å²) in [6.07, 6.45) is 1.72. The van der Waals surface area contributed by atoms with E-state index in [9.17, 15) is 17.6 Å². The number of ether oxygens (including phenoxy) is 1. The normalized spacial score (nSPS) is 14.7. The second-order valence-corrected chi connectivity index (χ2v) is 10.7. The lowest BCUT2D eigenvalue weighted by Crippen LogP contribution is -2.42. The van der Waals surface area contributed by atoms with Crippen molar-refractivity contribution in [2.24, 2.45) is 0 Å². The van der Waals surface area contributed by atoms with E-state index < -0.39 is 20.9 Å². The van der Waals surface area contributed by atoms with Crippen molar-refractivity contribution in [2.45, 2.75) is 42.4 Å². The number of carbonyl (C=O) groups is 1. The number of likely N-dealkylation sites (tertiary alicyclic amines) is 1. The summed E-state index contributed by atoms with van der Waals surface area (Å²) in [6, 6.07) is 22.6. The standard InChI is InChI=1S/C27H28FNO4S/c28-23-10-12-25(13-11-23)34(31,32)26-15-17-29(18-16-26)27(30)14-9-21-7-4-8-24(19-21)33-20-22-5-2-1-3-6-22/h1-8,10-13,19,26H,9,14-18,20H2. The fourth-order valence-electron chi connectivity index (χ4n) is 4.17. The van der Waals surface area contributed by atoms with Crippen molar-refractivity contribution in [3.8, 4) is 5.75 Å². The quantitative estimate of drug-likeness (QED) is 0.434. The number of halogens is 1. The van der Waals surface area contributed by atoms with Crippen LogP contribution in [0.4, 0.5) is 4.39 Å². The molecule has 34 heavy (non-hydrogen) atoms. The molecule has 0 spiro atoms. The van der Waals surface area contributed by atoms with E-state index in [4.69, 9.17) is 4.74 Å². The fourth-order valence-corrected chi connectivity index (χ4v) is 5.91. The molecule has 1 saturated heterocycles. The lowest BCUT2D eigenvalue weighted by atomic mass is 10.1. The van der Waals surface area contributed by atoms with Gasteiger partial charge in [-0.15, -0.1) is 0 Å². The van der Waals surface area contributed by atoms with E-state index in [0.717, 1.165) is 29.0 Å². The number of sulfone groups is 1. The van der Waals surface area contributed by atoms with E-state index in [2.05, 4.69) is 0 Å². The van der Waals surface area contributed by atoms with Crippen LogP contribution in [0.1, 0.15) is 30.4 Å². The molecule has 4 rings (SSSR count). The highest BCUT2D eigenvalue weighted by Gasteiger charge is 2.32. The molecular weight excluding hydrogens is 453 g/mol. The highest BCUT2D eigenvalue weighted by Crippen LogP contribution is 2.25. The van der Waals surface area contributed by atoms with E-state index in [0.29, 0.717) is 45.4 Å². The van der Waals surface area contributed by atoms with Gasteiger partial charge in [0.1, 0.15) is 18.2 Å². The van der Waals surface area contributed by atoms with Crippen molar-refractivity contribution < 1.29 is 22.3 Å². The lowest BCUT2D eigenvalue weighted by Gasteiger charge is -2.32. The molecule has 5 nitrogen and oxygen atoms in total. The van der Waals surface area contributed by atoms with Crippen LogP contribution in [-0.4, -0.2) is 37.6 Å². The molecule has 0 N–H and O–H groups in total. The second-order valence-electron chi connectivity index (χ2n) is 8.50. The van der Waals surface area contributed by atoms with Crippen LogP contribution in [0, 0.1) is 5.82 Å². The van der Waals surface area contributed by atoms with E-state index in [1.165, 1.54) is 12.1 Å². The van der Waals surface area contributed by atoms with Crippen LogP contribution >= 0.6 is 0 Å². The lowest BCUT2D eigenvalue weighted by molar-refractivity contribution is -0.132. The first kappa shape index (κ1) is 24.0. The largest absolute Gasteiger partial charge is 0.489 e. The van der Waals surface area contributed by atoms with Gasteiger partial charge in [0.05, 0.1) is 10.1 Å². The van der Waals surface area contributed by atoms with Gasteiger partial charge in [-0.25, -0.2) is 12.8 Å². The zero-order valence-electron chi connectivity index (χ0n) is 18.9. The van der Waals surface area contributed by atoms with Gasteiger partial charge >= 0.3 is 0 Å². The predicted molar refractivity (Wildman–Crippen MR) is 129 cm³/mol. The molecular formula is C27H28FNO4S. The smallest absolute Gasteiger partial charge is 0.222 e. The maximum Gasteiger partial charge on any atom is 0.222 e. The third-order valence-corrected chi connectivity index (χ3v) is 8.43. The molecule has 3 aromatic rings. The summed E-state index contributed by atoms with van der Waals surface area (Å²) in [5, 5.41) is -0.555. The van der Waals surface area contributed by atoms with Crippen LogP contribution in [0.3, 0.4) is 0 Å². The van der Waals surface area contributed by atoms with Crippen molar-refractivity contribution in [3.63, 3.8) is 0 Å². The van der Waals surface area contributed by atoms with Crippen LogP contribution in [0.5, 0.6) is 5.75 Å². The Bertz CT molecular complexity index is 1200. The Balaban J connectivity index is 1.26. The number of carbonyl (C=O) groups excluding carboxylic acids is 1. The number of hydrogen-bond acceptors (Lipinski definition) is 4. The average molecular weight is 482 g/mol. The summed E-state index contributed by atoms with van der Waals surface area (Å²) in [5.41, 5.74) is 2.11. The monoisotopic (exact) mass is 481 g/mol. The van der Waals surface area contributed by atoms with E-state index >= 15 is 0 Å². The van der Waals surface area contributed by atoms with Crippen molar-refractivity contribution in [1.29, 1.82) is 0 Å². The Morgan fingerprint density at radius 2 is 1.59 bits per heavy atom. The molecule has 178 valence electrons. The minimum Gasteiger partial charge on any atom is -0.489 e. The predicted octanol–water partition coefficient (Wildman–Crippen LogP) is 4.80. The Labute approximate surface area is 200 Å².